The first-order chi connectivity index (χ1) is 14.7. The molecule has 0 radical (unpaired) electrons. The Kier molecular flexibility index (Phi) is 7.40. The van der Waals surface area contributed by atoms with Crippen LogP contribution < -0.4 is 14.4 Å². The predicted octanol–water partition coefficient (Wildman–Crippen LogP) is 2.89. The molecule has 1 amide bonds. The highest BCUT2D eigenvalue weighted by Crippen LogP contribution is 2.27. The minimum atomic E-state index is -3.94. The van der Waals surface area contributed by atoms with Gasteiger partial charge in [0.2, 0.25) is 15.9 Å². The molecule has 0 spiro atoms. The number of nitrogens with one attached hydrogen (secondary N) is 1. The summed E-state index contributed by atoms with van der Waals surface area (Å²) < 4.78 is 46.2. The number of nitrogens with zero attached hydrogens (tertiary/aromatic N) is 2. The van der Waals surface area contributed by atoms with Gasteiger partial charge in [0.25, 0.3) is 0 Å². The van der Waals surface area contributed by atoms with Crippen LogP contribution in [-0.2, 0) is 14.8 Å². The maximum Gasteiger partial charge on any atom is 0.241 e. The van der Waals surface area contributed by atoms with Gasteiger partial charge in [0.05, 0.1) is 22.6 Å². The Labute approximate surface area is 186 Å². The molecule has 1 fully saturated rings. The van der Waals surface area contributed by atoms with Crippen LogP contribution in [0.5, 0.6) is 5.75 Å². The fraction of sp³-hybridized carbons (Fsp3) is 0.381. The summed E-state index contributed by atoms with van der Waals surface area (Å²) in [6.07, 6.45) is 0. The van der Waals surface area contributed by atoms with Crippen molar-refractivity contribution in [2.75, 3.05) is 37.7 Å². The Morgan fingerprint density at radius 1 is 1.16 bits per heavy atom. The number of halogens is 2. The second kappa shape index (κ2) is 9.84. The fourth-order valence-electron chi connectivity index (χ4n) is 3.38. The molecule has 1 aliphatic heterocycles. The molecule has 168 valence electrons. The monoisotopic (exact) mass is 469 g/mol. The lowest BCUT2D eigenvalue weighted by molar-refractivity contribution is -0.132. The summed E-state index contributed by atoms with van der Waals surface area (Å²) in [4.78, 5) is 16.4. The summed E-state index contributed by atoms with van der Waals surface area (Å²) >= 11 is 6.09. The lowest BCUT2D eigenvalue weighted by Crippen LogP contribution is -2.54. The molecule has 2 aromatic carbocycles. The van der Waals surface area contributed by atoms with Gasteiger partial charge in [-0.2, -0.15) is 4.72 Å². The van der Waals surface area contributed by atoms with Crippen molar-refractivity contribution < 1.29 is 22.3 Å². The molecule has 1 N–H and O–H groups in total. The number of rotatable bonds is 7. The highest BCUT2D eigenvalue weighted by atomic mass is 35.5. The van der Waals surface area contributed by atoms with E-state index in [0.29, 0.717) is 38.5 Å². The van der Waals surface area contributed by atoms with Gasteiger partial charge in [-0.15, -0.1) is 0 Å². The normalized spacial score (nSPS) is 15.6. The van der Waals surface area contributed by atoms with Crippen LogP contribution in [0.3, 0.4) is 0 Å². The molecule has 1 saturated heterocycles. The zero-order valence-electron chi connectivity index (χ0n) is 17.3. The first kappa shape index (κ1) is 23.3. The van der Waals surface area contributed by atoms with E-state index in [1.165, 1.54) is 37.3 Å². The summed E-state index contributed by atoms with van der Waals surface area (Å²) in [5.41, 5.74) is 0.884. The third-order valence-electron chi connectivity index (χ3n) is 5.00. The molecule has 7 nitrogen and oxygen atoms in total. The van der Waals surface area contributed by atoms with E-state index in [4.69, 9.17) is 16.3 Å². The second-order valence-corrected chi connectivity index (χ2v) is 9.28. The molecule has 10 heteroatoms. The molecule has 1 aliphatic rings. The van der Waals surface area contributed by atoms with Crippen LogP contribution in [0.1, 0.15) is 13.8 Å². The topological polar surface area (TPSA) is 78.9 Å². The number of carbonyl (C=O) groups excluding carboxylic acids is 1. The number of piperazine rings is 1. The highest BCUT2D eigenvalue weighted by Gasteiger charge is 2.28. The summed E-state index contributed by atoms with van der Waals surface area (Å²) in [6.45, 7) is 5.76. The van der Waals surface area contributed by atoms with E-state index in [1.54, 1.807) is 24.0 Å². The number of hydrogen-bond donors (Lipinski definition) is 1. The Hall–Kier alpha value is -2.36. The van der Waals surface area contributed by atoms with Crippen LogP contribution >= 0.6 is 11.6 Å². The van der Waals surface area contributed by atoms with Crippen molar-refractivity contribution in [3.8, 4) is 5.75 Å². The highest BCUT2D eigenvalue weighted by molar-refractivity contribution is 7.89. The molecular formula is C21H25ClFN3O4S. The SMILES string of the molecule is CCOc1ccc(S(=O)(=O)N[C@H](C)C(=O)N2CCN(c3ccc(F)cc3)CC2)cc1Cl. The lowest BCUT2D eigenvalue weighted by atomic mass is 10.2. The van der Waals surface area contributed by atoms with Gasteiger partial charge < -0.3 is 14.5 Å². The smallest absolute Gasteiger partial charge is 0.241 e. The average Bonchev–Trinajstić information content (AvgIpc) is 2.75. The zero-order chi connectivity index (χ0) is 22.6. The molecule has 2 aromatic rings. The van der Waals surface area contributed by atoms with Gasteiger partial charge >= 0.3 is 0 Å². The molecule has 0 bridgehead atoms. The number of carbonyl (C=O) groups is 1. The first-order valence-corrected chi connectivity index (χ1v) is 11.8. The minimum absolute atomic E-state index is 0.0401. The third-order valence-corrected chi connectivity index (χ3v) is 6.83. The second-order valence-electron chi connectivity index (χ2n) is 7.16. The maximum absolute atomic E-state index is 13.1. The third kappa shape index (κ3) is 5.66. The summed E-state index contributed by atoms with van der Waals surface area (Å²) in [7, 11) is -3.94. The summed E-state index contributed by atoms with van der Waals surface area (Å²) in [5.74, 6) is -0.210. The van der Waals surface area contributed by atoms with Crippen LogP contribution in [0.25, 0.3) is 0 Å². The van der Waals surface area contributed by atoms with Gasteiger partial charge in [-0.1, -0.05) is 11.6 Å². The molecule has 3 rings (SSSR count). The van der Waals surface area contributed by atoms with Crippen LogP contribution in [0.4, 0.5) is 10.1 Å². The number of benzene rings is 2. The molecule has 1 heterocycles. The molecular weight excluding hydrogens is 445 g/mol. The van der Waals surface area contributed by atoms with Crippen molar-refractivity contribution in [2.45, 2.75) is 24.8 Å². The Balaban J connectivity index is 1.60. The van der Waals surface area contributed by atoms with Gasteiger partial charge in [-0.3, -0.25) is 4.79 Å². The van der Waals surface area contributed by atoms with E-state index >= 15 is 0 Å². The predicted molar refractivity (Wildman–Crippen MR) is 118 cm³/mol. The quantitative estimate of drug-likeness (QED) is 0.674. The van der Waals surface area contributed by atoms with Crippen LogP contribution in [-0.4, -0.2) is 58.1 Å². The molecule has 0 aromatic heterocycles. The van der Waals surface area contributed by atoms with Crippen LogP contribution in [0.2, 0.25) is 5.02 Å². The molecule has 31 heavy (non-hydrogen) atoms. The van der Waals surface area contributed by atoms with Crippen molar-refractivity contribution in [3.05, 3.63) is 53.3 Å². The standard InChI is InChI=1S/C21H25ClFN3O4S/c1-3-30-20-9-8-18(14-19(20)22)31(28,29)24-15(2)21(27)26-12-10-25(11-13-26)17-6-4-16(23)5-7-17/h4-9,14-15,24H,3,10-13H2,1-2H3/t15-/m1/s1. The Morgan fingerprint density at radius 3 is 2.39 bits per heavy atom. The van der Waals surface area contributed by atoms with Gasteiger partial charge in [-0.05, 0) is 56.3 Å². The number of hydrogen-bond acceptors (Lipinski definition) is 5. The number of ether oxygens (including phenoxy) is 1. The average molecular weight is 470 g/mol. The number of amides is 1. The van der Waals surface area contributed by atoms with E-state index < -0.39 is 16.1 Å². The number of anilines is 1. The summed E-state index contributed by atoms with van der Waals surface area (Å²) in [5, 5.41) is 0.181. The Bertz CT molecular complexity index is 1030. The van der Waals surface area contributed by atoms with Crippen molar-refractivity contribution in [1.29, 1.82) is 0 Å². The van der Waals surface area contributed by atoms with Crippen molar-refractivity contribution in [1.82, 2.24) is 9.62 Å². The maximum atomic E-state index is 13.1. The summed E-state index contributed by atoms with van der Waals surface area (Å²) in [6, 6.07) is 9.44. The van der Waals surface area contributed by atoms with Gasteiger partial charge in [0.1, 0.15) is 11.6 Å². The van der Waals surface area contributed by atoms with Crippen LogP contribution in [0.15, 0.2) is 47.4 Å². The van der Waals surface area contributed by atoms with Crippen molar-refractivity contribution in [2.24, 2.45) is 0 Å². The molecule has 1 atom stereocenters. The molecule has 0 aliphatic carbocycles. The first-order valence-electron chi connectivity index (χ1n) is 9.95. The van der Waals surface area contributed by atoms with Crippen molar-refractivity contribution in [3.63, 3.8) is 0 Å². The van der Waals surface area contributed by atoms with Crippen molar-refractivity contribution >= 4 is 33.2 Å². The lowest BCUT2D eigenvalue weighted by Gasteiger charge is -2.37. The molecule has 0 saturated carbocycles. The van der Waals surface area contributed by atoms with Gasteiger partial charge in [-0.25, -0.2) is 12.8 Å². The van der Waals surface area contributed by atoms with E-state index in [0.717, 1.165) is 5.69 Å². The number of sulfonamides is 1. The molecule has 0 unspecified atom stereocenters. The largest absolute Gasteiger partial charge is 0.492 e. The van der Waals surface area contributed by atoms with E-state index in [1.807, 2.05) is 0 Å². The Morgan fingerprint density at radius 2 is 1.81 bits per heavy atom. The van der Waals surface area contributed by atoms with Gasteiger partial charge in [0.15, 0.2) is 0 Å². The fourth-order valence-corrected chi connectivity index (χ4v) is 4.91. The zero-order valence-corrected chi connectivity index (χ0v) is 18.9. The minimum Gasteiger partial charge on any atom is -0.492 e. The van der Waals surface area contributed by atoms with Crippen LogP contribution in [0, 0.1) is 5.82 Å². The van der Waals surface area contributed by atoms with Gasteiger partial charge in [0, 0.05) is 31.9 Å². The van der Waals surface area contributed by atoms with E-state index in [9.17, 15) is 17.6 Å². The van der Waals surface area contributed by atoms with E-state index in [-0.39, 0.29) is 21.6 Å². The van der Waals surface area contributed by atoms with E-state index in [2.05, 4.69) is 9.62 Å².